The van der Waals surface area contributed by atoms with Crippen LogP contribution < -0.4 is 0 Å². The summed E-state index contributed by atoms with van der Waals surface area (Å²) in [5.74, 6) is -0.137. The highest BCUT2D eigenvalue weighted by Gasteiger charge is 2.30. The lowest BCUT2D eigenvalue weighted by molar-refractivity contribution is -0.131. The van der Waals surface area contributed by atoms with E-state index in [-0.39, 0.29) is 36.1 Å². The van der Waals surface area contributed by atoms with E-state index in [0.717, 1.165) is 35.8 Å². The molecule has 1 amide bonds. The standard InChI is InChI=1S/C25H26N2O5S/c1-17(28)18-5-7-22(8-6-18)33(30,31)27-11-9-26(10-12-27)25(29)15-21-16-32-24-14-20-4-2-3-19(20)13-23(21)24/h5-8,13-14,16H,2-4,9-12,15H2,1H3. The highest BCUT2D eigenvalue weighted by atomic mass is 32.2. The molecule has 2 heterocycles. The van der Waals surface area contributed by atoms with E-state index in [1.165, 1.54) is 46.6 Å². The summed E-state index contributed by atoms with van der Waals surface area (Å²) in [6.45, 7) is 2.60. The third-order valence-corrected chi connectivity index (χ3v) is 8.61. The van der Waals surface area contributed by atoms with Crippen LogP contribution in [0.2, 0.25) is 0 Å². The van der Waals surface area contributed by atoms with E-state index in [0.29, 0.717) is 18.7 Å². The molecule has 3 aromatic rings. The molecule has 1 aliphatic heterocycles. The number of piperazine rings is 1. The molecule has 33 heavy (non-hydrogen) atoms. The van der Waals surface area contributed by atoms with Gasteiger partial charge in [-0.1, -0.05) is 12.1 Å². The van der Waals surface area contributed by atoms with Crippen molar-refractivity contribution in [2.75, 3.05) is 26.2 Å². The molecule has 172 valence electrons. The molecule has 1 saturated heterocycles. The van der Waals surface area contributed by atoms with Crippen molar-refractivity contribution in [3.05, 3.63) is 64.9 Å². The summed E-state index contributed by atoms with van der Waals surface area (Å²) in [5, 5.41) is 0.999. The summed E-state index contributed by atoms with van der Waals surface area (Å²) in [5.41, 5.74) is 4.85. The van der Waals surface area contributed by atoms with Gasteiger partial charge in [-0.3, -0.25) is 9.59 Å². The SMILES string of the molecule is CC(=O)c1ccc(S(=O)(=O)N2CCN(C(=O)Cc3coc4cc5c(cc34)CCC5)CC2)cc1. The Balaban J connectivity index is 1.24. The van der Waals surface area contributed by atoms with Crippen LogP contribution in [0.15, 0.2) is 52.0 Å². The third kappa shape index (κ3) is 4.09. The van der Waals surface area contributed by atoms with Crippen molar-refractivity contribution in [1.29, 1.82) is 0 Å². The summed E-state index contributed by atoms with van der Waals surface area (Å²) in [4.78, 5) is 26.3. The van der Waals surface area contributed by atoms with Gasteiger partial charge in [-0.15, -0.1) is 0 Å². The van der Waals surface area contributed by atoms with Gasteiger partial charge in [-0.05, 0) is 61.6 Å². The molecule has 0 atom stereocenters. The van der Waals surface area contributed by atoms with Crippen LogP contribution in [0.25, 0.3) is 11.0 Å². The fourth-order valence-corrected chi connectivity index (χ4v) is 6.17. The number of aryl methyl sites for hydroxylation is 2. The highest BCUT2D eigenvalue weighted by molar-refractivity contribution is 7.89. The summed E-state index contributed by atoms with van der Waals surface area (Å²) in [6.07, 6.45) is 5.21. The van der Waals surface area contributed by atoms with Gasteiger partial charge in [0.25, 0.3) is 0 Å². The van der Waals surface area contributed by atoms with Gasteiger partial charge in [-0.2, -0.15) is 4.31 Å². The largest absolute Gasteiger partial charge is 0.464 e. The molecule has 0 unspecified atom stereocenters. The van der Waals surface area contributed by atoms with Gasteiger partial charge in [0.15, 0.2) is 5.78 Å². The predicted octanol–water partition coefficient (Wildman–Crippen LogP) is 3.20. The van der Waals surface area contributed by atoms with Crippen LogP contribution in [0.4, 0.5) is 0 Å². The molecule has 0 N–H and O–H groups in total. The monoisotopic (exact) mass is 466 g/mol. The Hall–Kier alpha value is -2.97. The maximum Gasteiger partial charge on any atom is 0.243 e. The number of carbonyl (C=O) groups excluding carboxylic acids is 2. The Kier molecular flexibility index (Phi) is 5.58. The highest BCUT2D eigenvalue weighted by Crippen LogP contribution is 2.31. The lowest BCUT2D eigenvalue weighted by atomic mass is 10.0. The molecule has 5 rings (SSSR count). The average molecular weight is 467 g/mol. The van der Waals surface area contributed by atoms with Crippen molar-refractivity contribution in [2.24, 2.45) is 0 Å². The van der Waals surface area contributed by atoms with Crippen LogP contribution in [0.5, 0.6) is 0 Å². The first-order valence-corrected chi connectivity index (χ1v) is 12.7. The molecule has 0 bridgehead atoms. The van der Waals surface area contributed by atoms with Crippen molar-refractivity contribution < 1.29 is 22.4 Å². The van der Waals surface area contributed by atoms with Gasteiger partial charge in [-0.25, -0.2) is 8.42 Å². The summed E-state index contributed by atoms with van der Waals surface area (Å²) in [6, 6.07) is 10.2. The second-order valence-corrected chi connectivity index (χ2v) is 10.7. The van der Waals surface area contributed by atoms with Crippen LogP contribution in [0, 0.1) is 0 Å². The summed E-state index contributed by atoms with van der Waals surface area (Å²) >= 11 is 0. The third-order valence-electron chi connectivity index (χ3n) is 6.70. The van der Waals surface area contributed by atoms with Crippen molar-refractivity contribution in [3.63, 3.8) is 0 Å². The van der Waals surface area contributed by atoms with Crippen molar-refractivity contribution in [3.8, 4) is 0 Å². The molecular formula is C25H26N2O5S. The zero-order chi connectivity index (χ0) is 23.2. The van der Waals surface area contributed by atoms with Crippen LogP contribution in [0.1, 0.15) is 40.4 Å². The number of carbonyl (C=O) groups is 2. The Bertz CT molecular complexity index is 1330. The molecule has 0 saturated carbocycles. The number of Topliss-reactive ketones (excluding diaryl/α,β-unsaturated/α-hetero) is 1. The van der Waals surface area contributed by atoms with E-state index < -0.39 is 10.0 Å². The van der Waals surface area contributed by atoms with Crippen LogP contribution in [-0.2, 0) is 34.1 Å². The zero-order valence-corrected chi connectivity index (χ0v) is 19.4. The number of amides is 1. The zero-order valence-electron chi connectivity index (χ0n) is 18.5. The number of ketones is 1. The summed E-state index contributed by atoms with van der Waals surface area (Å²) < 4.78 is 33.0. The Morgan fingerprint density at radius 3 is 2.30 bits per heavy atom. The van der Waals surface area contributed by atoms with Crippen LogP contribution >= 0.6 is 0 Å². The first-order chi connectivity index (χ1) is 15.8. The molecule has 8 heteroatoms. The number of furan rings is 1. The molecule has 1 fully saturated rings. The van der Waals surface area contributed by atoms with Gasteiger partial charge in [0, 0.05) is 42.7 Å². The van der Waals surface area contributed by atoms with Gasteiger partial charge in [0.05, 0.1) is 17.6 Å². The van der Waals surface area contributed by atoms with Crippen molar-refractivity contribution in [2.45, 2.75) is 37.5 Å². The first kappa shape index (κ1) is 21.9. The Labute approximate surface area is 193 Å². The molecule has 1 aromatic heterocycles. The number of rotatable bonds is 5. The lowest BCUT2D eigenvalue weighted by Crippen LogP contribution is -2.50. The number of benzene rings is 2. The normalized spacial score (nSPS) is 16.8. The maximum absolute atomic E-state index is 13.0. The number of hydrogen-bond acceptors (Lipinski definition) is 5. The molecule has 0 spiro atoms. The Morgan fingerprint density at radius 1 is 0.970 bits per heavy atom. The number of fused-ring (bicyclic) bond motifs is 2. The molecule has 7 nitrogen and oxygen atoms in total. The molecule has 0 radical (unpaired) electrons. The van der Waals surface area contributed by atoms with Crippen molar-refractivity contribution in [1.82, 2.24) is 9.21 Å². The van der Waals surface area contributed by atoms with E-state index >= 15 is 0 Å². The quantitative estimate of drug-likeness (QED) is 0.539. The average Bonchev–Trinajstić information content (AvgIpc) is 3.44. The molecule has 2 aromatic carbocycles. The molecular weight excluding hydrogens is 440 g/mol. The van der Waals surface area contributed by atoms with Gasteiger partial charge in [0.1, 0.15) is 5.58 Å². The number of nitrogens with zero attached hydrogens (tertiary/aromatic N) is 2. The van der Waals surface area contributed by atoms with Gasteiger partial charge >= 0.3 is 0 Å². The van der Waals surface area contributed by atoms with Gasteiger partial charge in [0.2, 0.25) is 15.9 Å². The Morgan fingerprint density at radius 2 is 1.64 bits per heavy atom. The maximum atomic E-state index is 13.0. The minimum Gasteiger partial charge on any atom is -0.464 e. The molecule has 2 aliphatic rings. The minimum absolute atomic E-state index is 0.0268. The predicted molar refractivity (Wildman–Crippen MR) is 124 cm³/mol. The smallest absolute Gasteiger partial charge is 0.243 e. The van der Waals surface area contributed by atoms with Crippen LogP contribution in [0.3, 0.4) is 0 Å². The lowest BCUT2D eigenvalue weighted by Gasteiger charge is -2.34. The number of hydrogen-bond donors (Lipinski definition) is 0. The second-order valence-electron chi connectivity index (χ2n) is 8.77. The van der Waals surface area contributed by atoms with E-state index in [2.05, 4.69) is 12.1 Å². The second kappa shape index (κ2) is 8.43. The van der Waals surface area contributed by atoms with E-state index in [9.17, 15) is 18.0 Å². The first-order valence-electron chi connectivity index (χ1n) is 11.2. The van der Waals surface area contributed by atoms with E-state index in [1.54, 1.807) is 11.2 Å². The van der Waals surface area contributed by atoms with Crippen molar-refractivity contribution >= 4 is 32.7 Å². The summed E-state index contributed by atoms with van der Waals surface area (Å²) in [7, 11) is -3.67. The van der Waals surface area contributed by atoms with Crippen LogP contribution in [-0.4, -0.2) is 55.5 Å². The number of sulfonamides is 1. The van der Waals surface area contributed by atoms with E-state index in [4.69, 9.17) is 4.42 Å². The fraction of sp³-hybridized carbons (Fsp3) is 0.360. The minimum atomic E-state index is -3.67. The fourth-order valence-electron chi connectivity index (χ4n) is 4.75. The topological polar surface area (TPSA) is 87.9 Å². The van der Waals surface area contributed by atoms with E-state index in [1.807, 2.05) is 0 Å². The molecule has 1 aliphatic carbocycles. The van der Waals surface area contributed by atoms with Gasteiger partial charge < -0.3 is 9.32 Å².